The van der Waals surface area contributed by atoms with Gasteiger partial charge in [0, 0.05) is 0 Å². The lowest BCUT2D eigenvalue weighted by Crippen LogP contribution is -2.38. The number of carbonyl (C=O) groups excluding carboxylic acids is 2. The van der Waals surface area contributed by atoms with Gasteiger partial charge in [0.15, 0.2) is 4.34 Å². The highest BCUT2D eigenvalue weighted by molar-refractivity contribution is 8.01. The largest absolute Gasteiger partial charge is 0.468 e. The quantitative estimate of drug-likeness (QED) is 0.258. The zero-order valence-corrected chi connectivity index (χ0v) is 21.5. The van der Waals surface area contributed by atoms with Crippen molar-refractivity contribution in [1.82, 2.24) is 10.2 Å². The fourth-order valence-electron chi connectivity index (χ4n) is 3.01. The Kier molecular flexibility index (Phi) is 8.28. The van der Waals surface area contributed by atoms with Crippen LogP contribution in [-0.4, -0.2) is 49.9 Å². The van der Waals surface area contributed by atoms with Crippen LogP contribution in [0.25, 0.3) is 0 Å². The van der Waals surface area contributed by atoms with Crippen LogP contribution in [0.3, 0.4) is 0 Å². The molecule has 0 radical (unpaired) electrons. The van der Waals surface area contributed by atoms with Crippen LogP contribution in [0, 0.1) is 20.8 Å². The number of hydrogen-bond donors (Lipinski definition) is 1. The smallest absolute Gasteiger partial charge is 0.316 e. The summed E-state index contributed by atoms with van der Waals surface area (Å²) >= 11 is 2.21. The lowest BCUT2D eigenvalue weighted by atomic mass is 10.1. The van der Waals surface area contributed by atoms with E-state index in [2.05, 4.69) is 20.3 Å². The van der Waals surface area contributed by atoms with E-state index < -0.39 is 28.4 Å². The van der Waals surface area contributed by atoms with E-state index in [0.717, 1.165) is 44.1 Å². The number of anilines is 2. The number of aryl methyl sites for hydroxylation is 3. The number of esters is 1. The number of methoxy groups -OCH3 is 1. The maximum absolute atomic E-state index is 13.5. The van der Waals surface area contributed by atoms with Crippen LogP contribution in [0.15, 0.2) is 51.7 Å². The average Bonchev–Trinajstić information content (AvgIpc) is 3.23. The molecule has 0 aliphatic rings. The van der Waals surface area contributed by atoms with Gasteiger partial charge < -0.3 is 4.74 Å². The minimum absolute atomic E-state index is 0.0638. The van der Waals surface area contributed by atoms with Crippen LogP contribution in [0.2, 0.25) is 0 Å². The molecule has 9 nitrogen and oxygen atoms in total. The molecular formula is C22H24N4O5S3. The Bertz CT molecular complexity index is 1290. The van der Waals surface area contributed by atoms with Crippen LogP contribution in [0.4, 0.5) is 10.8 Å². The predicted octanol–water partition coefficient (Wildman–Crippen LogP) is 3.56. The molecule has 0 bridgehead atoms. The number of ether oxygens (including phenoxy) is 1. The Balaban J connectivity index is 1.84. The van der Waals surface area contributed by atoms with Crippen molar-refractivity contribution in [1.29, 1.82) is 0 Å². The van der Waals surface area contributed by atoms with Crippen molar-refractivity contribution in [2.24, 2.45) is 0 Å². The van der Waals surface area contributed by atoms with Gasteiger partial charge in [0.05, 0.1) is 23.4 Å². The molecule has 0 saturated carbocycles. The fourth-order valence-corrected chi connectivity index (χ4v) is 6.10. The molecule has 12 heteroatoms. The highest BCUT2D eigenvalue weighted by atomic mass is 32.2. The first-order chi connectivity index (χ1) is 16.1. The molecule has 0 spiro atoms. The number of thioether (sulfide) groups is 1. The summed E-state index contributed by atoms with van der Waals surface area (Å²) in [5, 5.41) is 10.6. The van der Waals surface area contributed by atoms with Gasteiger partial charge in [0.25, 0.3) is 10.0 Å². The third-order valence-corrected chi connectivity index (χ3v) is 8.43. The van der Waals surface area contributed by atoms with Crippen LogP contribution in [0.1, 0.15) is 16.7 Å². The summed E-state index contributed by atoms with van der Waals surface area (Å²) in [4.78, 5) is 24.2. The van der Waals surface area contributed by atoms with Crippen molar-refractivity contribution in [2.75, 3.05) is 29.0 Å². The molecule has 2 aromatic carbocycles. The van der Waals surface area contributed by atoms with Gasteiger partial charge in [-0.15, -0.1) is 10.2 Å². The number of hydrogen-bond acceptors (Lipinski definition) is 9. The number of aromatic nitrogens is 2. The molecule has 180 valence electrons. The highest BCUT2D eigenvalue weighted by Gasteiger charge is 2.28. The van der Waals surface area contributed by atoms with Gasteiger partial charge in [0.1, 0.15) is 6.54 Å². The Hall–Kier alpha value is -2.96. The minimum Gasteiger partial charge on any atom is -0.468 e. The minimum atomic E-state index is -4.03. The molecule has 0 unspecified atom stereocenters. The fraction of sp³-hybridized carbons (Fsp3) is 0.273. The number of nitrogens with one attached hydrogen (secondary N) is 1. The summed E-state index contributed by atoms with van der Waals surface area (Å²) < 4.78 is 33.2. The van der Waals surface area contributed by atoms with Gasteiger partial charge in [-0.2, -0.15) is 0 Å². The zero-order valence-electron chi connectivity index (χ0n) is 19.1. The first-order valence-electron chi connectivity index (χ1n) is 10.1. The van der Waals surface area contributed by atoms with Gasteiger partial charge in [-0.1, -0.05) is 58.5 Å². The molecule has 3 aromatic rings. The molecule has 0 fully saturated rings. The van der Waals surface area contributed by atoms with Crippen LogP contribution >= 0.6 is 23.1 Å². The Morgan fingerprint density at radius 1 is 1.06 bits per heavy atom. The highest BCUT2D eigenvalue weighted by Crippen LogP contribution is 2.29. The van der Waals surface area contributed by atoms with Gasteiger partial charge in [0.2, 0.25) is 11.0 Å². The lowest BCUT2D eigenvalue weighted by molar-refractivity contribution is -0.137. The summed E-state index contributed by atoms with van der Waals surface area (Å²) in [6.07, 6.45) is 0. The van der Waals surface area contributed by atoms with Gasteiger partial charge in [-0.25, -0.2) is 8.42 Å². The molecule has 1 N–H and O–H groups in total. The summed E-state index contributed by atoms with van der Waals surface area (Å²) in [6.45, 7) is 5.12. The van der Waals surface area contributed by atoms with Crippen LogP contribution < -0.4 is 9.62 Å². The average molecular weight is 521 g/mol. The third kappa shape index (κ3) is 6.33. The van der Waals surface area contributed by atoms with E-state index in [9.17, 15) is 18.0 Å². The third-order valence-electron chi connectivity index (χ3n) is 4.71. The van der Waals surface area contributed by atoms with Crippen molar-refractivity contribution >= 4 is 55.8 Å². The van der Waals surface area contributed by atoms with Crippen LogP contribution in [-0.2, 0) is 24.3 Å². The van der Waals surface area contributed by atoms with E-state index >= 15 is 0 Å². The molecule has 3 rings (SSSR count). The molecule has 0 saturated heterocycles. The normalized spacial score (nSPS) is 11.2. The summed E-state index contributed by atoms with van der Waals surface area (Å²) in [5.41, 5.74) is 3.03. The second-order valence-corrected chi connectivity index (χ2v) is 11.5. The second kappa shape index (κ2) is 11.0. The van der Waals surface area contributed by atoms with E-state index in [0.29, 0.717) is 10.0 Å². The molecular weight excluding hydrogens is 496 g/mol. The SMILES string of the molecule is COC(=O)CSc1nnc(NC(=O)CN(c2ccc(C)cc2C)S(=O)(=O)c2ccc(C)cc2)s1. The summed E-state index contributed by atoms with van der Waals surface area (Å²) in [7, 11) is -2.73. The second-order valence-electron chi connectivity index (χ2n) is 7.40. The van der Waals surface area contributed by atoms with E-state index in [1.54, 1.807) is 31.2 Å². The Morgan fingerprint density at radius 2 is 1.74 bits per heavy atom. The van der Waals surface area contributed by atoms with Crippen molar-refractivity contribution < 1.29 is 22.7 Å². The zero-order chi connectivity index (χ0) is 24.9. The van der Waals surface area contributed by atoms with E-state index in [1.165, 1.54) is 19.2 Å². The van der Waals surface area contributed by atoms with Gasteiger partial charge in [-0.05, 0) is 44.5 Å². The predicted molar refractivity (Wildman–Crippen MR) is 133 cm³/mol. The molecule has 1 aromatic heterocycles. The van der Waals surface area contributed by atoms with Crippen molar-refractivity contribution in [3.05, 3.63) is 59.2 Å². The topological polar surface area (TPSA) is 119 Å². The number of amides is 1. The number of nitrogens with zero attached hydrogens (tertiary/aromatic N) is 3. The monoisotopic (exact) mass is 520 g/mol. The molecule has 1 amide bonds. The number of benzene rings is 2. The standard InChI is InChI=1S/C22H24N4O5S3/c1-14-5-8-17(9-6-14)34(29,30)26(18-10-7-15(2)11-16(18)3)12-19(27)23-21-24-25-22(33-21)32-13-20(28)31-4/h5-11H,12-13H2,1-4H3,(H,23,24,27). The first-order valence-corrected chi connectivity index (χ1v) is 13.3. The lowest BCUT2D eigenvalue weighted by Gasteiger charge is -2.25. The van der Waals surface area contributed by atoms with Crippen molar-refractivity contribution in [3.8, 4) is 0 Å². The maximum atomic E-state index is 13.5. The van der Waals surface area contributed by atoms with Gasteiger partial charge in [-0.3, -0.25) is 19.2 Å². The number of rotatable bonds is 9. The molecule has 1 heterocycles. The van der Waals surface area contributed by atoms with Crippen molar-refractivity contribution in [3.63, 3.8) is 0 Å². The summed E-state index contributed by atoms with van der Waals surface area (Å²) in [6, 6.07) is 11.8. The Labute approximate surface area is 206 Å². The number of sulfonamides is 1. The summed E-state index contributed by atoms with van der Waals surface area (Å²) in [5.74, 6) is -0.915. The van der Waals surface area contributed by atoms with Crippen LogP contribution in [0.5, 0.6) is 0 Å². The van der Waals surface area contributed by atoms with E-state index in [1.807, 2.05) is 19.9 Å². The Morgan fingerprint density at radius 3 is 2.38 bits per heavy atom. The van der Waals surface area contributed by atoms with Crippen molar-refractivity contribution in [2.45, 2.75) is 30.0 Å². The molecule has 0 aliphatic heterocycles. The molecule has 0 aliphatic carbocycles. The van der Waals surface area contributed by atoms with E-state index in [-0.39, 0.29) is 15.8 Å². The maximum Gasteiger partial charge on any atom is 0.316 e. The number of carbonyl (C=O) groups is 2. The first kappa shape index (κ1) is 25.7. The molecule has 34 heavy (non-hydrogen) atoms. The van der Waals surface area contributed by atoms with E-state index in [4.69, 9.17) is 0 Å². The molecule has 0 atom stereocenters. The van der Waals surface area contributed by atoms with Gasteiger partial charge >= 0.3 is 5.97 Å².